The highest BCUT2D eigenvalue weighted by Crippen LogP contribution is 2.32. The van der Waals surface area contributed by atoms with Crippen LogP contribution in [0, 0.1) is 10.1 Å². The standard InChI is InChI=1S/C10H8BrNO5/c1-2-10(14)17-9-4-8(12(15)16)6(5-13)3-7(9)11/h3-5H,2H2,1H3. The zero-order valence-corrected chi connectivity index (χ0v) is 10.4. The highest BCUT2D eigenvalue weighted by atomic mass is 79.9. The van der Waals surface area contributed by atoms with Gasteiger partial charge in [-0.15, -0.1) is 0 Å². The molecule has 7 heteroatoms. The first-order valence-corrected chi connectivity index (χ1v) is 5.42. The number of carbonyl (C=O) groups is 2. The second-order valence-electron chi connectivity index (χ2n) is 3.04. The number of hydrogen-bond donors (Lipinski definition) is 0. The first kappa shape index (κ1) is 13.3. The maximum absolute atomic E-state index is 11.1. The zero-order chi connectivity index (χ0) is 13.0. The summed E-state index contributed by atoms with van der Waals surface area (Å²) in [5.41, 5.74) is -0.486. The lowest BCUT2D eigenvalue weighted by Gasteiger charge is -2.06. The molecule has 0 N–H and O–H groups in total. The van der Waals surface area contributed by atoms with Gasteiger partial charge in [0.2, 0.25) is 0 Å². The van der Waals surface area contributed by atoms with Crippen LogP contribution in [0.2, 0.25) is 0 Å². The van der Waals surface area contributed by atoms with E-state index in [1.54, 1.807) is 6.92 Å². The van der Waals surface area contributed by atoms with E-state index >= 15 is 0 Å². The summed E-state index contributed by atoms with van der Waals surface area (Å²) in [6.07, 6.45) is 0.518. The smallest absolute Gasteiger partial charge is 0.310 e. The van der Waals surface area contributed by atoms with Gasteiger partial charge in [0.15, 0.2) is 12.0 Å². The molecule has 0 heterocycles. The lowest BCUT2D eigenvalue weighted by Crippen LogP contribution is -2.07. The summed E-state index contributed by atoms with van der Waals surface area (Å²) < 4.78 is 5.19. The maximum atomic E-state index is 11.1. The Bertz CT molecular complexity index is 486. The minimum absolute atomic E-state index is 0.0224. The zero-order valence-electron chi connectivity index (χ0n) is 8.81. The van der Waals surface area contributed by atoms with Crippen molar-refractivity contribution in [3.05, 3.63) is 32.3 Å². The molecule has 0 spiro atoms. The minimum Gasteiger partial charge on any atom is -0.425 e. The van der Waals surface area contributed by atoms with Gasteiger partial charge in [-0.05, 0) is 22.0 Å². The van der Waals surface area contributed by atoms with Crippen molar-refractivity contribution in [2.75, 3.05) is 0 Å². The Balaban J connectivity index is 3.24. The van der Waals surface area contributed by atoms with E-state index in [1.807, 2.05) is 0 Å². The summed E-state index contributed by atoms with van der Waals surface area (Å²) in [7, 11) is 0. The van der Waals surface area contributed by atoms with Crippen LogP contribution in [-0.2, 0) is 4.79 Å². The average Bonchev–Trinajstić information content (AvgIpc) is 2.30. The van der Waals surface area contributed by atoms with Crippen LogP contribution >= 0.6 is 15.9 Å². The third-order valence-corrected chi connectivity index (χ3v) is 2.54. The summed E-state index contributed by atoms with van der Waals surface area (Å²) in [4.78, 5) is 31.7. The second kappa shape index (κ2) is 5.53. The van der Waals surface area contributed by atoms with Crippen molar-refractivity contribution in [3.63, 3.8) is 0 Å². The number of benzene rings is 1. The second-order valence-corrected chi connectivity index (χ2v) is 3.90. The molecule has 0 aliphatic rings. The molecule has 1 aromatic rings. The van der Waals surface area contributed by atoms with Crippen molar-refractivity contribution in [1.82, 2.24) is 0 Å². The molecule has 0 atom stereocenters. The van der Waals surface area contributed by atoms with Gasteiger partial charge in [-0.3, -0.25) is 19.7 Å². The molecular weight excluding hydrogens is 294 g/mol. The number of carbonyl (C=O) groups excluding carboxylic acids is 2. The number of rotatable bonds is 4. The molecule has 6 nitrogen and oxygen atoms in total. The number of nitrogens with zero attached hydrogens (tertiary/aromatic N) is 1. The molecule has 0 saturated carbocycles. The molecule has 0 aliphatic heterocycles. The first-order valence-electron chi connectivity index (χ1n) is 4.63. The van der Waals surface area contributed by atoms with Crippen LogP contribution in [0.25, 0.3) is 0 Å². The van der Waals surface area contributed by atoms with Crippen molar-refractivity contribution in [3.8, 4) is 5.75 Å². The van der Waals surface area contributed by atoms with E-state index in [0.29, 0.717) is 10.8 Å². The number of ether oxygens (including phenoxy) is 1. The van der Waals surface area contributed by atoms with Gasteiger partial charge in [0, 0.05) is 6.42 Å². The van der Waals surface area contributed by atoms with Gasteiger partial charge < -0.3 is 4.74 Å². The normalized spacial score (nSPS) is 9.76. The van der Waals surface area contributed by atoms with Crippen molar-refractivity contribution < 1.29 is 19.2 Å². The van der Waals surface area contributed by atoms with Crippen LogP contribution in [0.5, 0.6) is 5.75 Å². The third-order valence-electron chi connectivity index (χ3n) is 1.92. The topological polar surface area (TPSA) is 86.5 Å². The molecule has 0 aromatic heterocycles. The van der Waals surface area contributed by atoms with Crippen molar-refractivity contribution in [2.24, 2.45) is 0 Å². The maximum Gasteiger partial charge on any atom is 0.310 e. The molecule has 0 radical (unpaired) electrons. The first-order chi connectivity index (χ1) is 7.99. The van der Waals surface area contributed by atoms with E-state index in [1.165, 1.54) is 6.07 Å². The molecule has 90 valence electrons. The number of esters is 1. The number of nitro benzene ring substituents is 1. The van der Waals surface area contributed by atoms with Gasteiger partial charge in [-0.25, -0.2) is 0 Å². The quantitative estimate of drug-likeness (QED) is 0.280. The van der Waals surface area contributed by atoms with Crippen LogP contribution in [0.15, 0.2) is 16.6 Å². The van der Waals surface area contributed by atoms with Crippen LogP contribution in [0.1, 0.15) is 23.7 Å². The van der Waals surface area contributed by atoms with Crippen molar-refractivity contribution in [2.45, 2.75) is 13.3 Å². The van der Waals surface area contributed by atoms with Gasteiger partial charge in [0.05, 0.1) is 21.0 Å². The third kappa shape index (κ3) is 3.10. The summed E-state index contributed by atoms with van der Waals surface area (Å²) >= 11 is 3.07. The van der Waals surface area contributed by atoms with Gasteiger partial charge in [0.25, 0.3) is 5.69 Å². The lowest BCUT2D eigenvalue weighted by atomic mass is 10.2. The van der Waals surface area contributed by atoms with Gasteiger partial charge in [0.1, 0.15) is 0 Å². The highest BCUT2D eigenvalue weighted by molar-refractivity contribution is 9.10. The Labute approximate surface area is 105 Å². The molecule has 1 aromatic carbocycles. The van der Waals surface area contributed by atoms with Gasteiger partial charge in [-0.2, -0.15) is 0 Å². The summed E-state index contributed by atoms with van der Waals surface area (Å²) in [6.45, 7) is 1.60. The number of halogens is 1. The Kier molecular flexibility index (Phi) is 4.33. The molecule has 0 fully saturated rings. The minimum atomic E-state index is -0.709. The van der Waals surface area contributed by atoms with Crippen LogP contribution < -0.4 is 4.74 Å². The largest absolute Gasteiger partial charge is 0.425 e. The molecule has 17 heavy (non-hydrogen) atoms. The predicted octanol–water partition coefficient (Wildman–Crippen LogP) is 2.49. The van der Waals surface area contributed by atoms with Crippen LogP contribution in [-0.4, -0.2) is 17.2 Å². The Hall–Kier alpha value is -1.76. The molecule has 0 aliphatic carbocycles. The van der Waals surface area contributed by atoms with Gasteiger partial charge >= 0.3 is 5.97 Å². The summed E-state index contributed by atoms with van der Waals surface area (Å²) in [5.74, 6) is -0.493. The van der Waals surface area contributed by atoms with Crippen LogP contribution in [0.4, 0.5) is 5.69 Å². The van der Waals surface area contributed by atoms with E-state index in [0.717, 1.165) is 6.07 Å². The van der Waals surface area contributed by atoms with E-state index in [4.69, 9.17) is 4.74 Å². The van der Waals surface area contributed by atoms with E-state index in [9.17, 15) is 19.7 Å². The molecule has 1 rings (SSSR count). The molecule has 0 saturated heterocycles. The average molecular weight is 302 g/mol. The Morgan fingerprint density at radius 1 is 1.59 bits per heavy atom. The van der Waals surface area contributed by atoms with E-state index in [2.05, 4.69) is 15.9 Å². The van der Waals surface area contributed by atoms with Crippen LogP contribution in [0.3, 0.4) is 0 Å². The molecule has 0 unspecified atom stereocenters. The SMILES string of the molecule is CCC(=O)Oc1cc([N+](=O)[O-])c(C=O)cc1Br. The highest BCUT2D eigenvalue weighted by Gasteiger charge is 2.18. The fraction of sp³-hybridized carbons (Fsp3) is 0.200. The van der Waals surface area contributed by atoms with E-state index < -0.39 is 16.6 Å². The Morgan fingerprint density at radius 2 is 2.24 bits per heavy atom. The fourth-order valence-electron chi connectivity index (χ4n) is 1.08. The molecule has 0 amide bonds. The summed E-state index contributed by atoms with van der Waals surface area (Å²) in [5, 5.41) is 10.7. The van der Waals surface area contributed by atoms with E-state index in [-0.39, 0.29) is 17.7 Å². The lowest BCUT2D eigenvalue weighted by molar-refractivity contribution is -0.385. The predicted molar refractivity (Wildman–Crippen MR) is 62.1 cm³/mol. The Morgan fingerprint density at radius 3 is 2.71 bits per heavy atom. The molecule has 0 bridgehead atoms. The fourth-order valence-corrected chi connectivity index (χ4v) is 1.53. The van der Waals surface area contributed by atoms with Crippen molar-refractivity contribution >= 4 is 33.9 Å². The monoisotopic (exact) mass is 301 g/mol. The van der Waals surface area contributed by atoms with Crippen molar-refractivity contribution in [1.29, 1.82) is 0 Å². The number of aldehydes is 1. The number of hydrogen-bond acceptors (Lipinski definition) is 5. The van der Waals surface area contributed by atoms with Gasteiger partial charge in [-0.1, -0.05) is 6.92 Å². The summed E-state index contributed by atoms with van der Waals surface area (Å²) in [6, 6.07) is 2.28. The number of nitro groups is 1. The molecular formula is C10H8BrNO5.